The minimum Gasteiger partial charge on any atom is -0.474 e. The van der Waals surface area contributed by atoms with Gasteiger partial charge in [-0.3, -0.25) is 4.31 Å². The fourth-order valence-corrected chi connectivity index (χ4v) is 3.87. The maximum Gasteiger partial charge on any atom is 0.255 e. The number of fused-ring (bicyclic) bond motifs is 1. The van der Waals surface area contributed by atoms with Gasteiger partial charge in [-0.1, -0.05) is 24.8 Å². The van der Waals surface area contributed by atoms with Crippen molar-refractivity contribution < 1.29 is 17.9 Å². The van der Waals surface area contributed by atoms with E-state index in [-0.39, 0.29) is 24.3 Å². The van der Waals surface area contributed by atoms with Gasteiger partial charge in [0.1, 0.15) is 17.7 Å². The van der Waals surface area contributed by atoms with E-state index < -0.39 is 17.9 Å². The zero-order valence-electron chi connectivity index (χ0n) is 13.2. The normalized spacial score (nSPS) is 18.6. The molecule has 0 atom stereocenters. The number of ether oxygens (including phenoxy) is 1. The van der Waals surface area contributed by atoms with Crippen LogP contribution in [0.1, 0.15) is 24.0 Å². The van der Waals surface area contributed by atoms with E-state index in [9.17, 15) is 13.2 Å². The average molecular weight is 364 g/mol. The van der Waals surface area contributed by atoms with Crippen molar-refractivity contribution in [3.8, 4) is 5.88 Å². The summed E-state index contributed by atoms with van der Waals surface area (Å²) in [5.41, 5.74) is 1.39. The summed E-state index contributed by atoms with van der Waals surface area (Å²) >= 11 is 1.50. The summed E-state index contributed by atoms with van der Waals surface area (Å²) in [5.74, 6) is -2.64. The second-order valence-electron chi connectivity index (χ2n) is 6.20. The van der Waals surface area contributed by atoms with Gasteiger partial charge in [0.15, 0.2) is 0 Å². The molecule has 0 bridgehead atoms. The molecule has 1 saturated carbocycles. The number of aromatic nitrogens is 1. The Hall–Kier alpha value is -2.15. The molecule has 4 rings (SSSR count). The lowest BCUT2D eigenvalue weighted by atomic mass is 9.91. The standard InChI is InChI=1S/C18H15F3N2OS/c1-11(19)13-6-16(23-10-12-4-2-3-5-15(12)25-23)22-17(7-13)24-14-8-18(20,21)9-14/h2-7,14H,1,8-10H2. The highest BCUT2D eigenvalue weighted by molar-refractivity contribution is 8.01. The first-order valence-corrected chi connectivity index (χ1v) is 8.62. The maximum absolute atomic E-state index is 13.7. The van der Waals surface area contributed by atoms with E-state index in [1.807, 2.05) is 28.6 Å². The zero-order valence-corrected chi connectivity index (χ0v) is 14.0. The molecule has 0 spiro atoms. The molecule has 0 unspecified atom stereocenters. The fraction of sp³-hybridized carbons (Fsp3) is 0.278. The highest BCUT2D eigenvalue weighted by Gasteiger charge is 2.47. The van der Waals surface area contributed by atoms with Gasteiger partial charge in [0, 0.05) is 29.4 Å². The number of anilines is 1. The predicted octanol–water partition coefficient (Wildman–Crippen LogP) is 5.23. The van der Waals surface area contributed by atoms with Crippen molar-refractivity contribution in [3.63, 3.8) is 0 Å². The second kappa shape index (κ2) is 5.98. The Morgan fingerprint density at radius 1 is 1.28 bits per heavy atom. The number of rotatable bonds is 4. The van der Waals surface area contributed by atoms with Gasteiger partial charge in [-0.15, -0.1) is 0 Å². The number of alkyl halides is 2. The Morgan fingerprint density at radius 3 is 2.72 bits per heavy atom. The molecule has 25 heavy (non-hydrogen) atoms. The molecule has 3 nitrogen and oxygen atoms in total. The van der Waals surface area contributed by atoms with Crippen molar-refractivity contribution in [2.75, 3.05) is 4.31 Å². The summed E-state index contributed by atoms with van der Waals surface area (Å²) in [6.07, 6.45) is -1.27. The lowest BCUT2D eigenvalue weighted by Crippen LogP contribution is -2.43. The molecule has 0 saturated heterocycles. The van der Waals surface area contributed by atoms with E-state index in [1.54, 1.807) is 6.07 Å². The molecule has 2 aromatic rings. The van der Waals surface area contributed by atoms with Crippen LogP contribution in [0.5, 0.6) is 5.88 Å². The molecule has 130 valence electrons. The Balaban J connectivity index is 1.59. The minimum absolute atomic E-state index is 0.142. The summed E-state index contributed by atoms with van der Waals surface area (Å²) < 4.78 is 47.1. The Kier molecular flexibility index (Phi) is 3.91. The van der Waals surface area contributed by atoms with Gasteiger partial charge in [-0.05, 0) is 29.6 Å². The van der Waals surface area contributed by atoms with Crippen LogP contribution in [-0.4, -0.2) is 17.0 Å². The molecule has 1 aliphatic carbocycles. The molecule has 7 heteroatoms. The molecule has 0 N–H and O–H groups in total. The molecule has 1 fully saturated rings. The summed E-state index contributed by atoms with van der Waals surface area (Å²) in [4.78, 5) is 5.49. The van der Waals surface area contributed by atoms with Gasteiger partial charge < -0.3 is 4.74 Å². The molecule has 1 aliphatic heterocycles. The molecule has 2 aliphatic rings. The van der Waals surface area contributed by atoms with E-state index in [1.165, 1.54) is 18.0 Å². The molecular weight excluding hydrogens is 349 g/mol. The maximum atomic E-state index is 13.7. The van der Waals surface area contributed by atoms with Gasteiger partial charge in [-0.25, -0.2) is 13.2 Å². The van der Waals surface area contributed by atoms with Crippen molar-refractivity contribution in [1.82, 2.24) is 4.98 Å². The van der Waals surface area contributed by atoms with Crippen molar-refractivity contribution in [1.29, 1.82) is 0 Å². The third kappa shape index (κ3) is 3.33. The summed E-state index contributed by atoms with van der Waals surface area (Å²) in [7, 11) is 0. The Morgan fingerprint density at radius 2 is 2.04 bits per heavy atom. The van der Waals surface area contributed by atoms with Crippen LogP contribution in [0.15, 0.2) is 47.9 Å². The van der Waals surface area contributed by atoms with Crippen LogP contribution in [0.4, 0.5) is 19.0 Å². The molecule has 0 radical (unpaired) electrons. The lowest BCUT2D eigenvalue weighted by Gasteiger charge is -2.34. The average Bonchev–Trinajstić information content (AvgIpc) is 2.97. The van der Waals surface area contributed by atoms with E-state index in [2.05, 4.69) is 11.6 Å². The number of hydrogen-bond donors (Lipinski definition) is 0. The van der Waals surface area contributed by atoms with E-state index >= 15 is 0 Å². The van der Waals surface area contributed by atoms with Crippen molar-refractivity contribution in [2.24, 2.45) is 0 Å². The van der Waals surface area contributed by atoms with Crippen molar-refractivity contribution in [2.45, 2.75) is 36.3 Å². The number of halogens is 3. The van der Waals surface area contributed by atoms with Crippen LogP contribution in [-0.2, 0) is 6.54 Å². The summed E-state index contributed by atoms with van der Waals surface area (Å²) in [6.45, 7) is 3.94. The third-order valence-corrected chi connectivity index (χ3v) is 5.32. The Bertz CT molecular complexity index is 810. The van der Waals surface area contributed by atoms with Crippen LogP contribution < -0.4 is 9.04 Å². The van der Waals surface area contributed by atoms with E-state index in [4.69, 9.17) is 4.74 Å². The molecular formula is C18H15F3N2OS. The largest absolute Gasteiger partial charge is 0.474 e. The summed E-state index contributed by atoms with van der Waals surface area (Å²) in [5, 5.41) is 0. The fourth-order valence-electron chi connectivity index (χ4n) is 2.85. The van der Waals surface area contributed by atoms with Crippen LogP contribution in [0.3, 0.4) is 0 Å². The second-order valence-corrected chi connectivity index (χ2v) is 7.26. The minimum atomic E-state index is -2.68. The quantitative estimate of drug-likeness (QED) is 0.694. The predicted molar refractivity (Wildman–Crippen MR) is 91.5 cm³/mol. The van der Waals surface area contributed by atoms with Crippen LogP contribution in [0, 0.1) is 0 Å². The highest BCUT2D eigenvalue weighted by Crippen LogP contribution is 2.42. The van der Waals surface area contributed by atoms with Gasteiger partial charge >= 0.3 is 0 Å². The zero-order chi connectivity index (χ0) is 17.6. The SMILES string of the molecule is C=C(F)c1cc(OC2CC(F)(F)C2)nc(N2Cc3ccccc3S2)c1. The van der Waals surface area contributed by atoms with Crippen molar-refractivity contribution >= 4 is 23.6 Å². The first-order chi connectivity index (χ1) is 11.9. The Labute approximate surface area is 147 Å². The van der Waals surface area contributed by atoms with Gasteiger partial charge in [-0.2, -0.15) is 4.98 Å². The number of pyridine rings is 1. The van der Waals surface area contributed by atoms with E-state index in [0.717, 1.165) is 10.5 Å². The summed E-state index contributed by atoms with van der Waals surface area (Å²) in [6, 6.07) is 10.9. The van der Waals surface area contributed by atoms with Gasteiger partial charge in [0.05, 0.1) is 6.54 Å². The molecule has 2 heterocycles. The van der Waals surface area contributed by atoms with Gasteiger partial charge in [0.25, 0.3) is 5.92 Å². The third-order valence-electron chi connectivity index (χ3n) is 4.19. The first kappa shape index (κ1) is 16.3. The molecule has 0 amide bonds. The lowest BCUT2D eigenvalue weighted by molar-refractivity contribution is -0.135. The number of hydrogen-bond acceptors (Lipinski definition) is 4. The smallest absolute Gasteiger partial charge is 0.255 e. The topological polar surface area (TPSA) is 25.4 Å². The van der Waals surface area contributed by atoms with E-state index in [0.29, 0.717) is 12.4 Å². The van der Waals surface area contributed by atoms with Gasteiger partial charge in [0.2, 0.25) is 5.88 Å². The molecule has 1 aromatic heterocycles. The van der Waals surface area contributed by atoms with Crippen LogP contribution in [0.25, 0.3) is 5.83 Å². The highest BCUT2D eigenvalue weighted by atomic mass is 32.2. The van der Waals surface area contributed by atoms with Crippen LogP contribution >= 0.6 is 11.9 Å². The molecule has 1 aromatic carbocycles. The first-order valence-electron chi connectivity index (χ1n) is 7.84. The number of benzene rings is 1. The van der Waals surface area contributed by atoms with Crippen LogP contribution in [0.2, 0.25) is 0 Å². The monoisotopic (exact) mass is 364 g/mol. The number of nitrogens with zero attached hydrogens (tertiary/aromatic N) is 2. The van der Waals surface area contributed by atoms with Crippen molar-refractivity contribution in [3.05, 3.63) is 54.1 Å².